The lowest BCUT2D eigenvalue weighted by atomic mass is 9.96. The zero-order chi connectivity index (χ0) is 13.6. The molecule has 0 spiro atoms. The molecule has 0 rings (SSSR count). The van der Waals surface area contributed by atoms with E-state index in [-0.39, 0.29) is 25.1 Å². The summed E-state index contributed by atoms with van der Waals surface area (Å²) in [5.74, 6) is -0.818. The molecular formula is C13H22O4. The second kappa shape index (κ2) is 6.42. The Bertz CT molecular complexity index is 303. The Morgan fingerprint density at radius 2 is 1.65 bits per heavy atom. The van der Waals surface area contributed by atoms with E-state index in [2.05, 4.69) is 6.58 Å². The maximum atomic E-state index is 11.3. The first-order valence-electron chi connectivity index (χ1n) is 5.65. The van der Waals surface area contributed by atoms with E-state index in [1.165, 1.54) is 0 Å². The highest BCUT2D eigenvalue weighted by Gasteiger charge is 2.23. The average molecular weight is 242 g/mol. The van der Waals surface area contributed by atoms with Gasteiger partial charge in [0.05, 0.1) is 19.1 Å². The zero-order valence-corrected chi connectivity index (χ0v) is 11.3. The molecule has 4 heteroatoms. The van der Waals surface area contributed by atoms with E-state index >= 15 is 0 Å². The number of rotatable bonds is 6. The molecule has 0 bridgehead atoms. The minimum atomic E-state index is -0.423. The zero-order valence-electron chi connectivity index (χ0n) is 11.3. The normalized spacial score (nSPS) is 11.2. The molecular weight excluding hydrogens is 220 g/mol. The van der Waals surface area contributed by atoms with Crippen LogP contribution in [0.1, 0.15) is 34.6 Å². The predicted molar refractivity (Wildman–Crippen MR) is 65.4 cm³/mol. The van der Waals surface area contributed by atoms with Gasteiger partial charge in [0, 0.05) is 11.0 Å². The minimum absolute atomic E-state index is 0.149. The van der Waals surface area contributed by atoms with Crippen molar-refractivity contribution >= 4 is 11.9 Å². The molecule has 0 aromatic carbocycles. The summed E-state index contributed by atoms with van der Waals surface area (Å²) in [6, 6.07) is 0. The number of carbonyl (C=O) groups excluding carboxylic acids is 2. The SMILES string of the molecule is C=C(C)C(=O)OCC(C)(C)COC(=O)C(C)C. The Morgan fingerprint density at radius 3 is 2.06 bits per heavy atom. The molecule has 0 heterocycles. The fourth-order valence-electron chi connectivity index (χ4n) is 0.859. The molecule has 0 saturated heterocycles. The van der Waals surface area contributed by atoms with Gasteiger partial charge in [-0.25, -0.2) is 4.79 Å². The third-order valence-corrected chi connectivity index (χ3v) is 2.02. The van der Waals surface area contributed by atoms with Crippen LogP contribution in [0.25, 0.3) is 0 Å². The van der Waals surface area contributed by atoms with Crippen LogP contribution in [0.3, 0.4) is 0 Å². The van der Waals surface area contributed by atoms with Crippen LogP contribution in [-0.2, 0) is 19.1 Å². The van der Waals surface area contributed by atoms with Crippen molar-refractivity contribution in [3.8, 4) is 0 Å². The molecule has 0 aromatic heterocycles. The highest BCUT2D eigenvalue weighted by atomic mass is 16.5. The minimum Gasteiger partial charge on any atom is -0.465 e. The average Bonchev–Trinajstić information content (AvgIpc) is 2.22. The number of hydrogen-bond donors (Lipinski definition) is 0. The number of ether oxygens (including phenoxy) is 2. The second-order valence-electron chi connectivity index (χ2n) is 5.28. The number of hydrogen-bond acceptors (Lipinski definition) is 4. The lowest BCUT2D eigenvalue weighted by Gasteiger charge is -2.24. The van der Waals surface area contributed by atoms with E-state index in [1.807, 2.05) is 13.8 Å². The van der Waals surface area contributed by atoms with Crippen LogP contribution in [0.2, 0.25) is 0 Å². The van der Waals surface area contributed by atoms with Gasteiger partial charge in [0.1, 0.15) is 0 Å². The molecule has 0 aliphatic rings. The standard InChI is InChI=1S/C13H22O4/c1-9(2)11(14)16-7-13(5,6)8-17-12(15)10(3)4/h10H,1,7-8H2,2-6H3. The molecule has 4 nitrogen and oxygen atoms in total. The summed E-state index contributed by atoms with van der Waals surface area (Å²) >= 11 is 0. The van der Waals surface area contributed by atoms with Crippen LogP contribution >= 0.6 is 0 Å². The molecule has 0 amide bonds. The van der Waals surface area contributed by atoms with Crippen molar-refractivity contribution < 1.29 is 19.1 Å². The Labute approximate surface area is 103 Å². The van der Waals surface area contributed by atoms with Crippen LogP contribution in [0.5, 0.6) is 0 Å². The van der Waals surface area contributed by atoms with E-state index in [0.29, 0.717) is 5.57 Å². The number of carbonyl (C=O) groups is 2. The van der Waals surface area contributed by atoms with Crippen molar-refractivity contribution in [2.24, 2.45) is 11.3 Å². The van der Waals surface area contributed by atoms with E-state index in [0.717, 1.165) is 0 Å². The monoisotopic (exact) mass is 242 g/mol. The van der Waals surface area contributed by atoms with Crippen LogP contribution in [0.15, 0.2) is 12.2 Å². The topological polar surface area (TPSA) is 52.6 Å². The second-order valence-corrected chi connectivity index (χ2v) is 5.28. The maximum Gasteiger partial charge on any atom is 0.333 e. The summed E-state index contributed by atoms with van der Waals surface area (Å²) in [4.78, 5) is 22.5. The van der Waals surface area contributed by atoms with Gasteiger partial charge < -0.3 is 9.47 Å². The van der Waals surface area contributed by atoms with Gasteiger partial charge in [0.25, 0.3) is 0 Å². The van der Waals surface area contributed by atoms with Gasteiger partial charge in [0.2, 0.25) is 0 Å². The highest BCUT2D eigenvalue weighted by Crippen LogP contribution is 2.17. The first-order valence-corrected chi connectivity index (χ1v) is 5.65. The summed E-state index contributed by atoms with van der Waals surface area (Å²) < 4.78 is 10.1. The molecule has 0 unspecified atom stereocenters. The summed E-state index contributed by atoms with van der Waals surface area (Å²) in [5.41, 5.74) is -0.0321. The molecule has 98 valence electrons. The lowest BCUT2D eigenvalue weighted by molar-refractivity contribution is -0.153. The van der Waals surface area contributed by atoms with Crippen molar-refractivity contribution in [2.75, 3.05) is 13.2 Å². The van der Waals surface area contributed by atoms with Crippen molar-refractivity contribution in [1.82, 2.24) is 0 Å². The molecule has 17 heavy (non-hydrogen) atoms. The molecule has 0 radical (unpaired) electrons. The molecule has 0 aliphatic heterocycles. The Kier molecular flexibility index (Phi) is 5.93. The van der Waals surface area contributed by atoms with Crippen LogP contribution in [-0.4, -0.2) is 25.2 Å². The first-order chi connectivity index (χ1) is 7.65. The fourth-order valence-corrected chi connectivity index (χ4v) is 0.859. The smallest absolute Gasteiger partial charge is 0.333 e. The number of esters is 2. The van der Waals surface area contributed by atoms with Gasteiger partial charge in [-0.1, -0.05) is 34.3 Å². The first kappa shape index (κ1) is 15.7. The third-order valence-electron chi connectivity index (χ3n) is 2.02. The van der Waals surface area contributed by atoms with Crippen molar-refractivity contribution in [3.05, 3.63) is 12.2 Å². The fraction of sp³-hybridized carbons (Fsp3) is 0.692. The van der Waals surface area contributed by atoms with Crippen molar-refractivity contribution in [3.63, 3.8) is 0 Å². The van der Waals surface area contributed by atoms with Gasteiger partial charge >= 0.3 is 11.9 Å². The van der Waals surface area contributed by atoms with Gasteiger partial charge in [-0.15, -0.1) is 0 Å². The van der Waals surface area contributed by atoms with Crippen molar-refractivity contribution in [2.45, 2.75) is 34.6 Å². The maximum absolute atomic E-state index is 11.3. The Hall–Kier alpha value is -1.32. The third kappa shape index (κ3) is 6.76. The Morgan fingerprint density at radius 1 is 1.18 bits per heavy atom. The van der Waals surface area contributed by atoms with E-state index in [9.17, 15) is 9.59 Å². The molecule has 0 aromatic rings. The molecule has 0 N–H and O–H groups in total. The molecule has 0 aliphatic carbocycles. The van der Waals surface area contributed by atoms with Gasteiger partial charge in [-0.2, -0.15) is 0 Å². The van der Waals surface area contributed by atoms with Gasteiger partial charge in [-0.3, -0.25) is 4.79 Å². The Balaban J connectivity index is 4.08. The van der Waals surface area contributed by atoms with Crippen LogP contribution in [0, 0.1) is 11.3 Å². The quantitative estimate of drug-likeness (QED) is 0.530. The summed E-state index contributed by atoms with van der Waals surface area (Å²) in [6.07, 6.45) is 0. The molecule has 0 saturated carbocycles. The molecule has 0 fully saturated rings. The van der Waals surface area contributed by atoms with Crippen molar-refractivity contribution in [1.29, 1.82) is 0 Å². The van der Waals surface area contributed by atoms with E-state index < -0.39 is 11.4 Å². The van der Waals surface area contributed by atoms with E-state index in [1.54, 1.807) is 20.8 Å². The highest BCUT2D eigenvalue weighted by molar-refractivity contribution is 5.86. The summed E-state index contributed by atoms with van der Waals surface area (Å²) in [7, 11) is 0. The van der Waals surface area contributed by atoms with Gasteiger partial charge in [-0.05, 0) is 6.92 Å². The molecule has 0 atom stereocenters. The van der Waals surface area contributed by atoms with E-state index in [4.69, 9.17) is 9.47 Å². The van der Waals surface area contributed by atoms with Crippen LogP contribution in [0.4, 0.5) is 0 Å². The van der Waals surface area contributed by atoms with Crippen LogP contribution < -0.4 is 0 Å². The predicted octanol–water partition coefficient (Wildman–Crippen LogP) is 2.33. The largest absolute Gasteiger partial charge is 0.465 e. The lowest BCUT2D eigenvalue weighted by Crippen LogP contribution is -2.29. The summed E-state index contributed by atoms with van der Waals surface area (Å²) in [6.45, 7) is 12.8. The van der Waals surface area contributed by atoms with Gasteiger partial charge in [0.15, 0.2) is 0 Å². The summed E-state index contributed by atoms with van der Waals surface area (Å²) in [5, 5.41) is 0.